The summed E-state index contributed by atoms with van der Waals surface area (Å²) in [6.45, 7) is 4.96. The number of ether oxygens (including phenoxy) is 1. The molecule has 1 unspecified atom stereocenters. The monoisotopic (exact) mass is 463 g/mol. The lowest BCUT2D eigenvalue weighted by molar-refractivity contribution is -0.274. The zero-order valence-electron chi connectivity index (χ0n) is 18.3. The summed E-state index contributed by atoms with van der Waals surface area (Å²) in [5.74, 6) is -1.53. The SMILES string of the molecule is CC(C)N(Cc1ccccc1)C(=O)CN1C(=O)NC(C)(c2ccc(OC(F)(F)F)cc2)C1=O. The number of rotatable bonds is 7. The molecule has 0 aromatic heterocycles. The maximum absolute atomic E-state index is 13.1. The van der Waals surface area contributed by atoms with Crippen LogP contribution in [0.5, 0.6) is 5.75 Å². The third-order valence-corrected chi connectivity index (χ3v) is 5.37. The summed E-state index contributed by atoms with van der Waals surface area (Å²) in [4.78, 5) is 41.0. The molecule has 0 bridgehead atoms. The highest BCUT2D eigenvalue weighted by atomic mass is 19.4. The average molecular weight is 463 g/mol. The number of halogens is 3. The highest BCUT2D eigenvalue weighted by molar-refractivity contribution is 6.09. The van der Waals surface area contributed by atoms with Crippen molar-refractivity contribution in [3.63, 3.8) is 0 Å². The molecule has 0 saturated carbocycles. The predicted molar refractivity (Wildman–Crippen MR) is 113 cm³/mol. The van der Waals surface area contributed by atoms with Crippen LogP contribution in [0.3, 0.4) is 0 Å². The minimum Gasteiger partial charge on any atom is -0.406 e. The largest absolute Gasteiger partial charge is 0.573 e. The van der Waals surface area contributed by atoms with Gasteiger partial charge in [0.2, 0.25) is 5.91 Å². The van der Waals surface area contributed by atoms with E-state index in [0.29, 0.717) is 6.54 Å². The first-order valence-electron chi connectivity index (χ1n) is 10.2. The van der Waals surface area contributed by atoms with E-state index in [0.717, 1.165) is 22.6 Å². The molecule has 1 atom stereocenters. The Morgan fingerprint density at radius 1 is 1.09 bits per heavy atom. The van der Waals surface area contributed by atoms with E-state index in [4.69, 9.17) is 0 Å². The van der Waals surface area contributed by atoms with Gasteiger partial charge in [-0.1, -0.05) is 42.5 Å². The van der Waals surface area contributed by atoms with Gasteiger partial charge in [0.15, 0.2) is 0 Å². The molecule has 0 radical (unpaired) electrons. The van der Waals surface area contributed by atoms with E-state index >= 15 is 0 Å². The van der Waals surface area contributed by atoms with Crippen LogP contribution >= 0.6 is 0 Å². The maximum Gasteiger partial charge on any atom is 0.573 e. The minimum atomic E-state index is -4.85. The molecule has 0 aliphatic carbocycles. The molecule has 1 aliphatic heterocycles. The molecule has 10 heteroatoms. The van der Waals surface area contributed by atoms with Crippen LogP contribution in [-0.4, -0.2) is 46.6 Å². The molecule has 1 aliphatic rings. The van der Waals surface area contributed by atoms with E-state index < -0.39 is 42.0 Å². The van der Waals surface area contributed by atoms with E-state index in [1.54, 1.807) is 4.90 Å². The van der Waals surface area contributed by atoms with Crippen LogP contribution in [0.2, 0.25) is 0 Å². The second-order valence-electron chi connectivity index (χ2n) is 8.12. The third-order valence-electron chi connectivity index (χ3n) is 5.37. The van der Waals surface area contributed by atoms with Gasteiger partial charge in [0.1, 0.15) is 17.8 Å². The van der Waals surface area contributed by atoms with Gasteiger partial charge in [0, 0.05) is 12.6 Å². The van der Waals surface area contributed by atoms with Gasteiger partial charge in [0.25, 0.3) is 5.91 Å². The fourth-order valence-electron chi connectivity index (χ4n) is 3.59. The number of nitrogens with one attached hydrogen (secondary N) is 1. The first-order valence-corrected chi connectivity index (χ1v) is 10.2. The van der Waals surface area contributed by atoms with Crippen molar-refractivity contribution < 1.29 is 32.3 Å². The summed E-state index contributed by atoms with van der Waals surface area (Å²) >= 11 is 0. The second kappa shape index (κ2) is 9.13. The van der Waals surface area contributed by atoms with Crippen LogP contribution in [0, 0.1) is 0 Å². The Balaban J connectivity index is 1.75. The van der Waals surface area contributed by atoms with Crippen LogP contribution in [-0.2, 0) is 21.7 Å². The smallest absolute Gasteiger partial charge is 0.406 e. The number of benzene rings is 2. The Morgan fingerprint density at radius 3 is 2.24 bits per heavy atom. The lowest BCUT2D eigenvalue weighted by Crippen LogP contribution is -2.46. The zero-order chi connectivity index (χ0) is 24.4. The number of carbonyl (C=O) groups excluding carboxylic acids is 3. The van der Waals surface area contributed by atoms with E-state index in [1.165, 1.54) is 19.1 Å². The lowest BCUT2D eigenvalue weighted by atomic mass is 9.92. The first-order chi connectivity index (χ1) is 15.4. The maximum atomic E-state index is 13.1. The topological polar surface area (TPSA) is 79.0 Å². The third kappa shape index (κ3) is 5.44. The number of hydrogen-bond donors (Lipinski definition) is 1. The summed E-state index contributed by atoms with van der Waals surface area (Å²) in [5.41, 5.74) is -0.367. The average Bonchev–Trinajstić information content (AvgIpc) is 2.95. The molecule has 1 fully saturated rings. The van der Waals surface area contributed by atoms with Crippen molar-refractivity contribution in [1.82, 2.24) is 15.1 Å². The molecule has 4 amide bonds. The molecule has 1 heterocycles. The summed E-state index contributed by atoms with van der Waals surface area (Å²) in [7, 11) is 0. The molecule has 1 N–H and O–H groups in total. The fraction of sp³-hybridized carbons (Fsp3) is 0.348. The Morgan fingerprint density at radius 2 is 1.70 bits per heavy atom. The quantitative estimate of drug-likeness (QED) is 0.634. The number of carbonyl (C=O) groups is 3. The molecule has 2 aromatic rings. The molecule has 1 saturated heterocycles. The van der Waals surface area contributed by atoms with Gasteiger partial charge >= 0.3 is 12.4 Å². The number of alkyl halides is 3. The Labute approximate surface area is 189 Å². The van der Waals surface area contributed by atoms with Gasteiger partial charge in [-0.15, -0.1) is 13.2 Å². The lowest BCUT2D eigenvalue weighted by Gasteiger charge is -2.28. The molecule has 3 rings (SSSR count). The number of amides is 4. The van der Waals surface area contributed by atoms with Crippen LogP contribution in [0.4, 0.5) is 18.0 Å². The van der Waals surface area contributed by atoms with Crippen molar-refractivity contribution in [2.24, 2.45) is 0 Å². The van der Waals surface area contributed by atoms with Crippen molar-refractivity contribution >= 4 is 17.8 Å². The van der Waals surface area contributed by atoms with E-state index in [-0.39, 0.29) is 11.6 Å². The number of urea groups is 1. The summed E-state index contributed by atoms with van der Waals surface area (Å²) < 4.78 is 41.0. The normalized spacial score (nSPS) is 18.5. The van der Waals surface area contributed by atoms with E-state index in [1.807, 2.05) is 44.2 Å². The summed E-state index contributed by atoms with van der Waals surface area (Å²) in [5, 5.41) is 2.54. The predicted octanol–water partition coefficient (Wildman–Crippen LogP) is 3.79. The van der Waals surface area contributed by atoms with Gasteiger partial charge in [-0.05, 0) is 44.0 Å². The molecular formula is C23H24F3N3O4. The number of hydrogen-bond acceptors (Lipinski definition) is 4. The minimum absolute atomic E-state index is 0.175. The molecular weight excluding hydrogens is 439 g/mol. The molecule has 2 aromatic carbocycles. The van der Waals surface area contributed by atoms with Crippen molar-refractivity contribution in [3.05, 3.63) is 65.7 Å². The zero-order valence-corrected chi connectivity index (χ0v) is 18.3. The molecule has 7 nitrogen and oxygen atoms in total. The van der Waals surface area contributed by atoms with E-state index in [2.05, 4.69) is 10.1 Å². The highest BCUT2D eigenvalue weighted by Crippen LogP contribution is 2.31. The molecule has 0 spiro atoms. The van der Waals surface area contributed by atoms with Gasteiger partial charge in [0.05, 0.1) is 0 Å². The van der Waals surface area contributed by atoms with Crippen LogP contribution in [0.15, 0.2) is 54.6 Å². The number of nitrogens with zero attached hydrogens (tertiary/aromatic N) is 2. The summed E-state index contributed by atoms with van der Waals surface area (Å²) in [6, 6.07) is 13.0. The van der Waals surface area contributed by atoms with Crippen molar-refractivity contribution in [3.8, 4) is 5.75 Å². The fourth-order valence-corrected chi connectivity index (χ4v) is 3.59. The van der Waals surface area contributed by atoms with E-state index in [9.17, 15) is 27.6 Å². The van der Waals surface area contributed by atoms with Crippen LogP contribution in [0.25, 0.3) is 0 Å². The Hall–Kier alpha value is -3.56. The first kappa shape index (κ1) is 24.1. The van der Waals surface area contributed by atoms with Gasteiger partial charge in [-0.25, -0.2) is 4.79 Å². The van der Waals surface area contributed by atoms with Gasteiger partial charge in [-0.3, -0.25) is 14.5 Å². The van der Waals surface area contributed by atoms with Crippen molar-refractivity contribution in [2.45, 2.75) is 45.3 Å². The highest BCUT2D eigenvalue weighted by Gasteiger charge is 2.49. The Bertz CT molecular complexity index is 1030. The van der Waals surface area contributed by atoms with Crippen LogP contribution < -0.4 is 10.1 Å². The van der Waals surface area contributed by atoms with Gasteiger partial charge < -0.3 is 15.0 Å². The number of imide groups is 1. The van der Waals surface area contributed by atoms with Gasteiger partial charge in [-0.2, -0.15) is 0 Å². The standard InChI is InChI=1S/C23H24F3N3O4/c1-15(2)28(13-16-7-5-4-6-8-16)19(30)14-29-20(31)22(3,27-21(29)32)17-9-11-18(12-10-17)33-23(24,25)26/h4-12,15H,13-14H2,1-3H3,(H,27,32). The second-order valence-corrected chi connectivity index (χ2v) is 8.12. The summed E-state index contributed by atoms with van der Waals surface area (Å²) in [6.07, 6.45) is -4.85. The Kier molecular flexibility index (Phi) is 6.66. The molecule has 176 valence electrons. The van der Waals surface area contributed by atoms with Crippen molar-refractivity contribution in [2.75, 3.05) is 6.54 Å². The van der Waals surface area contributed by atoms with Crippen LogP contribution in [0.1, 0.15) is 31.9 Å². The van der Waals surface area contributed by atoms with Crippen molar-refractivity contribution in [1.29, 1.82) is 0 Å². The molecule has 33 heavy (non-hydrogen) atoms.